The molecule has 0 aliphatic carbocycles. The molecule has 0 unspecified atom stereocenters. The van der Waals surface area contributed by atoms with E-state index in [1.165, 1.54) is 13.2 Å². The number of amides is 1. The molecule has 1 aromatic carbocycles. The van der Waals surface area contributed by atoms with E-state index in [1.807, 2.05) is 10.6 Å². The van der Waals surface area contributed by atoms with Gasteiger partial charge in [-0.3, -0.25) is 10.3 Å². The predicted octanol–water partition coefficient (Wildman–Crippen LogP) is 2.54. The van der Waals surface area contributed by atoms with Crippen LogP contribution in [-0.4, -0.2) is 59.3 Å². The summed E-state index contributed by atoms with van der Waals surface area (Å²) < 4.78 is 26.5. The number of aliphatic imine (C=N–C) groups is 1. The molecule has 0 fully saturated rings. The summed E-state index contributed by atoms with van der Waals surface area (Å²) in [7, 11) is 1.37. The van der Waals surface area contributed by atoms with E-state index in [1.54, 1.807) is 23.5 Å². The second-order valence-electron chi connectivity index (χ2n) is 7.43. The number of nitrogens with one attached hydrogen (secondary N) is 1. The Morgan fingerprint density at radius 3 is 3.06 bits per heavy atom. The minimum atomic E-state index is -0.356. The Labute approximate surface area is 185 Å². The van der Waals surface area contributed by atoms with E-state index in [2.05, 4.69) is 27.2 Å². The smallest absolute Gasteiger partial charge is 0.409 e. The van der Waals surface area contributed by atoms with Crippen molar-refractivity contribution in [3.8, 4) is 5.75 Å². The summed E-state index contributed by atoms with van der Waals surface area (Å²) in [4.78, 5) is 17.3. The molecule has 10 heteroatoms. The van der Waals surface area contributed by atoms with Gasteiger partial charge < -0.3 is 18.9 Å². The van der Waals surface area contributed by atoms with Gasteiger partial charge in [-0.15, -0.1) is 10.2 Å². The van der Waals surface area contributed by atoms with Crippen LogP contribution in [0.25, 0.3) is 5.57 Å². The van der Waals surface area contributed by atoms with Gasteiger partial charge in [0, 0.05) is 49.0 Å². The second kappa shape index (κ2) is 9.73. The van der Waals surface area contributed by atoms with Gasteiger partial charge in [-0.2, -0.15) is 0 Å². The van der Waals surface area contributed by atoms with Crippen LogP contribution < -0.4 is 10.1 Å². The average molecular weight is 440 g/mol. The van der Waals surface area contributed by atoms with Crippen molar-refractivity contribution in [1.82, 2.24) is 25.0 Å². The van der Waals surface area contributed by atoms with Crippen LogP contribution in [0.4, 0.5) is 9.18 Å². The summed E-state index contributed by atoms with van der Waals surface area (Å²) in [5.41, 5.74) is 3.32. The third kappa shape index (κ3) is 4.40. The van der Waals surface area contributed by atoms with Gasteiger partial charge >= 0.3 is 6.09 Å². The first-order valence-electron chi connectivity index (χ1n) is 10.3. The molecular weight excluding hydrogens is 415 g/mol. The fraction of sp³-hybridized carbons (Fsp3) is 0.364. The van der Waals surface area contributed by atoms with Crippen LogP contribution in [0.2, 0.25) is 0 Å². The number of rotatable bonds is 7. The van der Waals surface area contributed by atoms with Crippen molar-refractivity contribution in [2.45, 2.75) is 26.1 Å². The molecule has 1 N–H and O–H groups in total. The minimum absolute atomic E-state index is 0.246. The highest BCUT2D eigenvalue weighted by Crippen LogP contribution is 2.30. The lowest BCUT2D eigenvalue weighted by molar-refractivity contribution is 0.127. The predicted molar refractivity (Wildman–Crippen MR) is 117 cm³/mol. The molecule has 0 spiro atoms. The highest BCUT2D eigenvalue weighted by molar-refractivity contribution is 5.77. The first-order chi connectivity index (χ1) is 15.6. The van der Waals surface area contributed by atoms with Gasteiger partial charge in [0.15, 0.2) is 5.82 Å². The zero-order valence-electron chi connectivity index (χ0n) is 17.9. The van der Waals surface area contributed by atoms with Crippen molar-refractivity contribution < 1.29 is 18.7 Å². The van der Waals surface area contributed by atoms with Crippen LogP contribution in [0.3, 0.4) is 0 Å². The fourth-order valence-corrected chi connectivity index (χ4v) is 3.97. The zero-order valence-corrected chi connectivity index (χ0v) is 17.9. The van der Waals surface area contributed by atoms with Crippen molar-refractivity contribution in [2.24, 2.45) is 4.99 Å². The maximum atomic E-state index is 14.4. The summed E-state index contributed by atoms with van der Waals surface area (Å²) in [6.07, 6.45) is 6.17. The number of ether oxygens (including phenoxy) is 2. The van der Waals surface area contributed by atoms with E-state index < -0.39 is 0 Å². The molecule has 2 aromatic rings. The highest BCUT2D eigenvalue weighted by Gasteiger charge is 2.23. The summed E-state index contributed by atoms with van der Waals surface area (Å²) in [6, 6.07) is 3.12. The first kappa shape index (κ1) is 21.7. The van der Waals surface area contributed by atoms with Gasteiger partial charge in [0.25, 0.3) is 0 Å². The molecule has 4 rings (SSSR count). The molecule has 0 saturated heterocycles. The molecule has 168 valence electrons. The lowest BCUT2D eigenvalue weighted by Gasteiger charge is -2.26. The van der Waals surface area contributed by atoms with E-state index >= 15 is 0 Å². The Bertz CT molecular complexity index is 1080. The van der Waals surface area contributed by atoms with Crippen LogP contribution in [0, 0.1) is 5.82 Å². The molecule has 2 aliphatic heterocycles. The van der Waals surface area contributed by atoms with Crippen molar-refractivity contribution >= 4 is 18.4 Å². The Kier molecular flexibility index (Phi) is 6.60. The molecule has 3 heterocycles. The van der Waals surface area contributed by atoms with Crippen molar-refractivity contribution in [2.75, 3.05) is 26.8 Å². The van der Waals surface area contributed by atoms with Gasteiger partial charge in [0.05, 0.1) is 20.4 Å². The number of allylic oxidation sites excluding steroid dienone is 1. The number of carbonyl (C=O) groups is 1. The molecule has 1 amide bonds. The second-order valence-corrected chi connectivity index (χ2v) is 7.43. The molecule has 2 aliphatic rings. The van der Waals surface area contributed by atoms with E-state index in [0.29, 0.717) is 57.1 Å². The van der Waals surface area contributed by atoms with Gasteiger partial charge in [0.2, 0.25) is 0 Å². The number of carbonyl (C=O) groups excluding carboxylic acids is 1. The average Bonchev–Trinajstić information content (AvgIpc) is 3.48. The van der Waals surface area contributed by atoms with Crippen molar-refractivity contribution in [1.29, 1.82) is 0 Å². The van der Waals surface area contributed by atoms with E-state index in [4.69, 9.17) is 9.47 Å². The monoisotopic (exact) mass is 440 g/mol. The largest absolute Gasteiger partial charge is 0.493 e. The zero-order chi connectivity index (χ0) is 22.5. The van der Waals surface area contributed by atoms with Crippen LogP contribution in [0.15, 0.2) is 41.3 Å². The number of nitrogens with zero attached hydrogens (tertiary/aromatic N) is 5. The number of methoxy groups -OCH3 is 1. The minimum Gasteiger partial charge on any atom is -0.493 e. The molecule has 0 saturated carbocycles. The third-order valence-electron chi connectivity index (χ3n) is 5.59. The van der Waals surface area contributed by atoms with Crippen LogP contribution in [-0.2, 0) is 24.4 Å². The van der Waals surface area contributed by atoms with Gasteiger partial charge in [-0.05, 0) is 30.8 Å². The first-order valence-corrected chi connectivity index (χ1v) is 10.3. The number of hydrogen-bond acceptors (Lipinski definition) is 7. The topological polar surface area (TPSA) is 93.9 Å². The number of benzene rings is 1. The standard InChI is InChI=1S/C22H25FN6O3/c1-24-11-17(15-5-8-28(9-6-15)22(30)31-2)21-27-26-14-29(21)13-25-12-18-16-7-10-32-20(16)4-3-19(18)23/h3-5,11,14,25H,1,6-10,12-13H2,2H3/b17-11-. The Morgan fingerprint density at radius 2 is 2.31 bits per heavy atom. The van der Waals surface area contributed by atoms with E-state index in [-0.39, 0.29) is 11.9 Å². The Hall–Kier alpha value is -3.53. The van der Waals surface area contributed by atoms with Crippen LogP contribution in [0.1, 0.15) is 23.4 Å². The molecule has 0 bridgehead atoms. The maximum absolute atomic E-state index is 14.4. The van der Waals surface area contributed by atoms with Gasteiger partial charge in [-0.1, -0.05) is 6.08 Å². The summed E-state index contributed by atoms with van der Waals surface area (Å²) in [6.45, 7) is 5.84. The Balaban J connectivity index is 1.47. The lowest BCUT2D eigenvalue weighted by Crippen LogP contribution is -2.34. The molecule has 1 aromatic heterocycles. The van der Waals surface area contributed by atoms with Gasteiger partial charge in [0.1, 0.15) is 17.9 Å². The van der Waals surface area contributed by atoms with Gasteiger partial charge in [-0.25, -0.2) is 9.18 Å². The van der Waals surface area contributed by atoms with Crippen molar-refractivity contribution in [3.63, 3.8) is 0 Å². The fourth-order valence-electron chi connectivity index (χ4n) is 3.97. The summed E-state index contributed by atoms with van der Waals surface area (Å²) in [5, 5.41) is 11.6. The van der Waals surface area contributed by atoms with Crippen molar-refractivity contribution in [3.05, 3.63) is 59.1 Å². The van der Waals surface area contributed by atoms with E-state index in [9.17, 15) is 9.18 Å². The Morgan fingerprint density at radius 1 is 1.44 bits per heavy atom. The molecular formula is C22H25FN6O3. The number of halogens is 1. The quantitative estimate of drug-likeness (QED) is 0.665. The molecule has 0 atom stereocenters. The summed E-state index contributed by atoms with van der Waals surface area (Å²) in [5.74, 6) is 1.12. The van der Waals surface area contributed by atoms with E-state index in [0.717, 1.165) is 22.5 Å². The third-order valence-corrected chi connectivity index (χ3v) is 5.59. The number of hydrogen-bond donors (Lipinski definition) is 1. The molecule has 9 nitrogen and oxygen atoms in total. The molecule has 32 heavy (non-hydrogen) atoms. The van der Waals surface area contributed by atoms with Crippen LogP contribution in [0.5, 0.6) is 5.75 Å². The normalized spacial score (nSPS) is 15.8. The molecule has 0 radical (unpaired) electrons. The highest BCUT2D eigenvalue weighted by atomic mass is 19.1. The lowest BCUT2D eigenvalue weighted by atomic mass is 9.99. The number of aromatic nitrogens is 3. The summed E-state index contributed by atoms with van der Waals surface area (Å²) >= 11 is 0. The van der Waals surface area contributed by atoms with Crippen LogP contribution >= 0.6 is 0 Å². The SMILES string of the molecule is C=N/C=C(/C1=CCN(C(=O)OC)CC1)c1nncn1CNCc1c(F)ccc2c1CCO2. The maximum Gasteiger partial charge on any atom is 0.409 e. The number of fused-ring (bicyclic) bond motifs is 1.